The molecule has 0 bridgehead atoms. The van der Waals surface area contributed by atoms with Gasteiger partial charge < -0.3 is 23.8 Å². The fourth-order valence-electron chi connectivity index (χ4n) is 2.54. The van der Waals surface area contributed by atoms with E-state index in [1.165, 1.54) is 0 Å². The van der Waals surface area contributed by atoms with E-state index in [9.17, 15) is 4.79 Å². The molecular formula is C17H25NO5. The second-order valence-electron chi connectivity index (χ2n) is 5.41. The lowest BCUT2D eigenvalue weighted by molar-refractivity contribution is 0.105. The van der Waals surface area contributed by atoms with E-state index in [2.05, 4.69) is 0 Å². The number of carbonyl (C=O) groups excluding carboxylic acids is 1. The summed E-state index contributed by atoms with van der Waals surface area (Å²) in [7, 11) is 4.77. The minimum atomic E-state index is -0.234. The second-order valence-corrected chi connectivity index (χ2v) is 5.41. The number of hydrogen-bond acceptors (Lipinski definition) is 5. The largest absolute Gasteiger partial charge is 0.493 e. The highest BCUT2D eigenvalue weighted by atomic mass is 16.6. The molecule has 6 heteroatoms. The summed E-state index contributed by atoms with van der Waals surface area (Å²) in [5, 5.41) is 0. The Kier molecular flexibility index (Phi) is 5.96. The number of benzene rings is 1. The maximum absolute atomic E-state index is 12.0. The third kappa shape index (κ3) is 4.21. The number of rotatable bonds is 8. The van der Waals surface area contributed by atoms with E-state index >= 15 is 0 Å². The number of ether oxygens (including phenoxy) is 4. The van der Waals surface area contributed by atoms with Crippen LogP contribution in [0.15, 0.2) is 12.1 Å². The fourth-order valence-corrected chi connectivity index (χ4v) is 2.54. The van der Waals surface area contributed by atoms with Gasteiger partial charge in [-0.1, -0.05) is 0 Å². The number of methoxy groups -OCH3 is 3. The molecule has 6 nitrogen and oxygen atoms in total. The molecule has 2 rings (SSSR count). The van der Waals surface area contributed by atoms with Crippen LogP contribution >= 0.6 is 0 Å². The summed E-state index contributed by atoms with van der Waals surface area (Å²) >= 11 is 0. The van der Waals surface area contributed by atoms with Crippen LogP contribution < -0.4 is 14.2 Å². The molecule has 0 heterocycles. The Hall–Kier alpha value is -2.11. The quantitative estimate of drug-likeness (QED) is 0.736. The Bertz CT molecular complexity index is 517. The standard InChI is InChI=1S/C17H25NO5/c1-5-23-17(19)18(13-6-7-13)9-8-12-10-14(20-2)16(22-4)15(11-12)21-3/h10-11,13H,5-9H2,1-4H3. The molecule has 0 unspecified atom stereocenters. The topological polar surface area (TPSA) is 57.2 Å². The predicted molar refractivity (Wildman–Crippen MR) is 86.6 cm³/mol. The van der Waals surface area contributed by atoms with Crippen molar-refractivity contribution in [2.24, 2.45) is 0 Å². The van der Waals surface area contributed by atoms with Crippen molar-refractivity contribution >= 4 is 6.09 Å². The van der Waals surface area contributed by atoms with Gasteiger partial charge in [0, 0.05) is 12.6 Å². The molecule has 1 aliphatic rings. The third-order valence-electron chi connectivity index (χ3n) is 3.86. The maximum Gasteiger partial charge on any atom is 0.410 e. The van der Waals surface area contributed by atoms with Crippen LogP contribution in [0.3, 0.4) is 0 Å². The van der Waals surface area contributed by atoms with Crippen molar-refractivity contribution in [1.82, 2.24) is 4.90 Å². The Labute approximate surface area is 137 Å². The lowest BCUT2D eigenvalue weighted by Crippen LogP contribution is -2.35. The van der Waals surface area contributed by atoms with Crippen LogP contribution in [0.5, 0.6) is 17.2 Å². The highest BCUT2D eigenvalue weighted by molar-refractivity contribution is 5.68. The first-order chi connectivity index (χ1) is 11.1. The molecule has 0 saturated heterocycles. The summed E-state index contributed by atoms with van der Waals surface area (Å²) in [5.41, 5.74) is 1.02. The van der Waals surface area contributed by atoms with Gasteiger partial charge in [-0.25, -0.2) is 4.79 Å². The Morgan fingerprint density at radius 1 is 1.13 bits per heavy atom. The first-order valence-corrected chi connectivity index (χ1v) is 7.86. The summed E-state index contributed by atoms with van der Waals surface area (Å²) in [6.45, 7) is 2.83. The van der Waals surface area contributed by atoms with Gasteiger partial charge in [0.05, 0.1) is 27.9 Å². The van der Waals surface area contributed by atoms with Crippen molar-refractivity contribution in [1.29, 1.82) is 0 Å². The molecule has 1 fully saturated rings. The van der Waals surface area contributed by atoms with E-state index in [1.807, 2.05) is 24.0 Å². The van der Waals surface area contributed by atoms with Crippen molar-refractivity contribution in [3.8, 4) is 17.2 Å². The number of carbonyl (C=O) groups is 1. The van der Waals surface area contributed by atoms with Crippen molar-refractivity contribution in [3.05, 3.63) is 17.7 Å². The minimum absolute atomic E-state index is 0.234. The van der Waals surface area contributed by atoms with Gasteiger partial charge in [0.2, 0.25) is 5.75 Å². The molecule has 0 aromatic heterocycles. The van der Waals surface area contributed by atoms with Crippen molar-refractivity contribution in [2.75, 3.05) is 34.5 Å². The van der Waals surface area contributed by atoms with Crippen LogP contribution in [0.4, 0.5) is 4.79 Å². The lowest BCUT2D eigenvalue weighted by Gasteiger charge is -2.22. The summed E-state index contributed by atoms with van der Waals surface area (Å²) in [5.74, 6) is 1.81. The molecule has 0 N–H and O–H groups in total. The molecular weight excluding hydrogens is 298 g/mol. The predicted octanol–water partition coefficient (Wildman–Crippen LogP) is 2.88. The van der Waals surface area contributed by atoms with Gasteiger partial charge in [0.25, 0.3) is 0 Å². The monoisotopic (exact) mass is 323 g/mol. The molecule has 1 saturated carbocycles. The van der Waals surface area contributed by atoms with Crippen LogP contribution in [0.1, 0.15) is 25.3 Å². The van der Waals surface area contributed by atoms with Crippen LogP contribution in [-0.4, -0.2) is 51.5 Å². The molecule has 1 amide bonds. The Balaban J connectivity index is 2.11. The van der Waals surface area contributed by atoms with Gasteiger partial charge in [-0.05, 0) is 43.9 Å². The van der Waals surface area contributed by atoms with Gasteiger partial charge in [0.15, 0.2) is 11.5 Å². The van der Waals surface area contributed by atoms with Crippen molar-refractivity contribution < 1.29 is 23.7 Å². The zero-order valence-corrected chi connectivity index (χ0v) is 14.3. The molecule has 1 aromatic rings. The van der Waals surface area contributed by atoms with Crippen LogP contribution in [0.2, 0.25) is 0 Å². The van der Waals surface area contributed by atoms with E-state index < -0.39 is 0 Å². The van der Waals surface area contributed by atoms with Gasteiger partial charge in [-0.15, -0.1) is 0 Å². The number of amides is 1. The highest BCUT2D eigenvalue weighted by Gasteiger charge is 2.33. The normalized spacial score (nSPS) is 13.4. The molecule has 1 aliphatic carbocycles. The number of hydrogen-bond donors (Lipinski definition) is 0. The number of nitrogens with zero attached hydrogens (tertiary/aromatic N) is 1. The third-order valence-corrected chi connectivity index (χ3v) is 3.86. The van der Waals surface area contributed by atoms with Crippen LogP contribution in [0, 0.1) is 0 Å². The van der Waals surface area contributed by atoms with Gasteiger partial charge in [0.1, 0.15) is 0 Å². The van der Waals surface area contributed by atoms with Gasteiger partial charge in [-0.2, -0.15) is 0 Å². The molecule has 128 valence electrons. The van der Waals surface area contributed by atoms with Crippen molar-refractivity contribution in [3.63, 3.8) is 0 Å². The summed E-state index contributed by atoms with van der Waals surface area (Å²) < 4.78 is 21.2. The van der Waals surface area contributed by atoms with Crippen LogP contribution in [0.25, 0.3) is 0 Å². The highest BCUT2D eigenvalue weighted by Crippen LogP contribution is 2.38. The summed E-state index contributed by atoms with van der Waals surface area (Å²) in [6.07, 6.45) is 2.57. The molecule has 23 heavy (non-hydrogen) atoms. The SMILES string of the molecule is CCOC(=O)N(CCc1cc(OC)c(OC)c(OC)c1)C1CC1. The van der Waals surface area contributed by atoms with Gasteiger partial charge in [-0.3, -0.25) is 0 Å². The zero-order chi connectivity index (χ0) is 16.8. The minimum Gasteiger partial charge on any atom is -0.493 e. The smallest absolute Gasteiger partial charge is 0.410 e. The van der Waals surface area contributed by atoms with E-state index in [0.717, 1.165) is 18.4 Å². The average molecular weight is 323 g/mol. The molecule has 0 aliphatic heterocycles. The first kappa shape index (κ1) is 17.2. The molecule has 0 spiro atoms. The Morgan fingerprint density at radius 3 is 2.17 bits per heavy atom. The van der Waals surface area contributed by atoms with Crippen LogP contribution in [-0.2, 0) is 11.2 Å². The van der Waals surface area contributed by atoms with E-state index in [4.69, 9.17) is 18.9 Å². The van der Waals surface area contributed by atoms with Crippen molar-refractivity contribution in [2.45, 2.75) is 32.2 Å². The molecule has 0 radical (unpaired) electrons. The zero-order valence-electron chi connectivity index (χ0n) is 14.3. The van der Waals surface area contributed by atoms with E-state index in [-0.39, 0.29) is 6.09 Å². The molecule has 1 aromatic carbocycles. The molecule has 0 atom stereocenters. The summed E-state index contributed by atoms with van der Waals surface area (Å²) in [6, 6.07) is 4.14. The van der Waals surface area contributed by atoms with E-state index in [1.54, 1.807) is 21.3 Å². The second kappa shape index (κ2) is 7.94. The van der Waals surface area contributed by atoms with E-state index in [0.29, 0.717) is 42.9 Å². The maximum atomic E-state index is 12.0. The lowest BCUT2D eigenvalue weighted by atomic mass is 10.1. The fraction of sp³-hybridized carbons (Fsp3) is 0.588. The Morgan fingerprint density at radius 2 is 1.74 bits per heavy atom. The first-order valence-electron chi connectivity index (χ1n) is 7.86. The summed E-state index contributed by atoms with van der Waals surface area (Å²) in [4.78, 5) is 13.8. The average Bonchev–Trinajstić information content (AvgIpc) is 3.39. The van der Waals surface area contributed by atoms with Gasteiger partial charge >= 0.3 is 6.09 Å².